The van der Waals surface area contributed by atoms with Gasteiger partial charge in [0.05, 0.1) is 24.3 Å². The number of nitrogens with zero attached hydrogens (tertiary/aromatic N) is 2. The maximum absolute atomic E-state index is 13.9. The summed E-state index contributed by atoms with van der Waals surface area (Å²) in [6.07, 6.45) is 1.58. The molecule has 6 nitrogen and oxygen atoms in total. The number of rotatable bonds is 5. The second kappa shape index (κ2) is 7.96. The monoisotopic (exact) mass is 343 g/mol. The number of ether oxygens (including phenoxy) is 2. The normalized spacial score (nSPS) is 22.0. The molecule has 0 aliphatic carbocycles. The summed E-state index contributed by atoms with van der Waals surface area (Å²) in [5, 5.41) is 0. The Balaban J connectivity index is 2.72. The number of carbonyl (C=O) groups excluding carboxylic acids is 1. The predicted octanol–water partition coefficient (Wildman–Crippen LogP) is 3.37. The number of hydrogen-bond acceptors (Lipinski definition) is 4. The first-order valence-corrected chi connectivity index (χ1v) is 8.20. The van der Waals surface area contributed by atoms with Crippen LogP contribution in [0, 0.1) is 0 Å². The van der Waals surface area contributed by atoms with E-state index in [9.17, 15) is 9.18 Å². The topological polar surface area (TPSA) is 77.2 Å². The molecule has 1 aliphatic heterocycles. The molecule has 0 bridgehead atoms. The third-order valence-corrected chi connectivity index (χ3v) is 3.49. The van der Waals surface area contributed by atoms with Crippen molar-refractivity contribution in [2.45, 2.75) is 71.8 Å². The highest BCUT2D eigenvalue weighted by atomic mass is 19.1. The van der Waals surface area contributed by atoms with Crippen LogP contribution in [-0.4, -0.2) is 47.3 Å². The lowest BCUT2D eigenvalue weighted by atomic mass is 10.1. The van der Waals surface area contributed by atoms with Gasteiger partial charge in [0.15, 0.2) is 0 Å². The lowest BCUT2D eigenvalue weighted by molar-refractivity contribution is -0.0623. The minimum atomic E-state index is -0.779. The summed E-state index contributed by atoms with van der Waals surface area (Å²) < 4.78 is 25.0. The van der Waals surface area contributed by atoms with Gasteiger partial charge in [-0.15, -0.1) is 0 Å². The Labute approximate surface area is 143 Å². The molecule has 0 aromatic rings. The summed E-state index contributed by atoms with van der Waals surface area (Å²) in [5.41, 5.74) is 4.04. The molecule has 138 valence electrons. The molecule has 0 aromatic carbocycles. The van der Waals surface area contributed by atoms with Crippen LogP contribution < -0.4 is 5.73 Å². The van der Waals surface area contributed by atoms with E-state index in [0.29, 0.717) is 25.4 Å². The van der Waals surface area contributed by atoms with E-state index in [4.69, 9.17) is 15.2 Å². The second-order valence-electron chi connectivity index (χ2n) is 7.42. The van der Waals surface area contributed by atoms with Crippen molar-refractivity contribution in [3.63, 3.8) is 0 Å². The van der Waals surface area contributed by atoms with Crippen molar-refractivity contribution in [3.05, 3.63) is 11.9 Å². The standard InChI is InChI=1S/C17H30FN3O3/c1-12(19)20-10-9-13(18)7-8-14-11-23-17(5,6)21(14)15(22)24-16(2,3)4/h7,14H,8-11H2,1-6H3,(H2,19,20)/b13-7-/t14-/m0/s1. The molecule has 1 heterocycles. The summed E-state index contributed by atoms with van der Waals surface area (Å²) in [7, 11) is 0. The van der Waals surface area contributed by atoms with Gasteiger partial charge in [0.25, 0.3) is 0 Å². The third-order valence-electron chi connectivity index (χ3n) is 3.49. The molecule has 1 amide bonds. The van der Waals surface area contributed by atoms with E-state index >= 15 is 0 Å². The molecular weight excluding hydrogens is 313 g/mol. The van der Waals surface area contributed by atoms with E-state index < -0.39 is 17.4 Å². The maximum Gasteiger partial charge on any atom is 0.412 e. The molecule has 1 rings (SSSR count). The van der Waals surface area contributed by atoms with Crippen molar-refractivity contribution in [2.75, 3.05) is 13.2 Å². The average Bonchev–Trinajstić information content (AvgIpc) is 2.69. The summed E-state index contributed by atoms with van der Waals surface area (Å²) in [6.45, 7) is 11.4. The Hall–Kier alpha value is -1.63. The van der Waals surface area contributed by atoms with Crippen LogP contribution in [0.3, 0.4) is 0 Å². The average molecular weight is 343 g/mol. The zero-order valence-electron chi connectivity index (χ0n) is 15.6. The van der Waals surface area contributed by atoms with Gasteiger partial charge < -0.3 is 15.2 Å². The van der Waals surface area contributed by atoms with E-state index in [1.165, 1.54) is 6.08 Å². The number of halogens is 1. The zero-order chi connectivity index (χ0) is 18.5. The molecule has 0 spiro atoms. The molecule has 1 atom stereocenters. The quantitative estimate of drug-likeness (QED) is 0.613. The van der Waals surface area contributed by atoms with E-state index in [2.05, 4.69) is 4.99 Å². The molecule has 0 aromatic heterocycles. The summed E-state index contributed by atoms with van der Waals surface area (Å²) in [6, 6.07) is -0.264. The molecule has 1 fully saturated rings. The van der Waals surface area contributed by atoms with Crippen molar-refractivity contribution in [1.29, 1.82) is 0 Å². The Kier molecular flexibility index (Phi) is 6.77. The van der Waals surface area contributed by atoms with Crippen molar-refractivity contribution < 1.29 is 18.7 Å². The van der Waals surface area contributed by atoms with Crippen molar-refractivity contribution >= 4 is 11.9 Å². The smallest absolute Gasteiger partial charge is 0.412 e. The van der Waals surface area contributed by atoms with Gasteiger partial charge in [0.2, 0.25) is 0 Å². The van der Waals surface area contributed by atoms with Crippen molar-refractivity contribution in [1.82, 2.24) is 4.90 Å². The SMILES string of the molecule is CC(N)=NCC/C(F)=C/C[C@H]1COC(C)(C)N1C(=O)OC(C)(C)C. The molecular formula is C17H30FN3O3. The number of aliphatic imine (C=N–C) groups is 1. The first kappa shape index (κ1) is 20.4. The fraction of sp³-hybridized carbons (Fsp3) is 0.765. The van der Waals surface area contributed by atoms with E-state index in [0.717, 1.165) is 0 Å². The predicted molar refractivity (Wildman–Crippen MR) is 92.5 cm³/mol. The van der Waals surface area contributed by atoms with Crippen LogP contribution in [0.2, 0.25) is 0 Å². The van der Waals surface area contributed by atoms with Gasteiger partial charge in [-0.25, -0.2) is 9.18 Å². The van der Waals surface area contributed by atoms with Crippen LogP contribution in [0.4, 0.5) is 9.18 Å². The van der Waals surface area contributed by atoms with Gasteiger partial charge in [-0.05, 0) is 48.0 Å². The molecule has 24 heavy (non-hydrogen) atoms. The summed E-state index contributed by atoms with van der Waals surface area (Å²) in [4.78, 5) is 18.0. The van der Waals surface area contributed by atoms with Crippen molar-refractivity contribution in [2.24, 2.45) is 10.7 Å². The first-order chi connectivity index (χ1) is 10.9. The van der Waals surface area contributed by atoms with E-state index in [1.54, 1.807) is 25.7 Å². The molecule has 7 heteroatoms. The third kappa shape index (κ3) is 6.47. The van der Waals surface area contributed by atoms with Gasteiger partial charge in [-0.1, -0.05) is 6.08 Å². The fourth-order valence-electron chi connectivity index (χ4n) is 2.44. The molecule has 0 saturated carbocycles. The summed E-state index contributed by atoms with van der Waals surface area (Å²) in [5.74, 6) is 0.165. The molecule has 2 N–H and O–H groups in total. The van der Waals surface area contributed by atoms with E-state index in [1.807, 2.05) is 20.8 Å². The highest BCUT2D eigenvalue weighted by molar-refractivity contribution is 5.77. The number of carbonyl (C=O) groups is 1. The largest absolute Gasteiger partial charge is 0.444 e. The Morgan fingerprint density at radius 1 is 1.50 bits per heavy atom. The summed E-state index contributed by atoms with van der Waals surface area (Å²) >= 11 is 0. The molecule has 0 radical (unpaired) electrons. The van der Waals surface area contributed by atoms with Crippen LogP contribution in [-0.2, 0) is 9.47 Å². The van der Waals surface area contributed by atoms with Gasteiger partial charge in [0.1, 0.15) is 11.3 Å². The van der Waals surface area contributed by atoms with Crippen LogP contribution in [0.1, 0.15) is 54.4 Å². The highest BCUT2D eigenvalue weighted by Crippen LogP contribution is 2.31. The number of amides is 1. The maximum atomic E-state index is 13.9. The van der Waals surface area contributed by atoms with Crippen LogP contribution in [0.5, 0.6) is 0 Å². The lowest BCUT2D eigenvalue weighted by Gasteiger charge is -2.34. The first-order valence-electron chi connectivity index (χ1n) is 8.20. The fourth-order valence-corrected chi connectivity index (χ4v) is 2.44. The number of hydrogen-bond donors (Lipinski definition) is 1. The Morgan fingerprint density at radius 2 is 2.12 bits per heavy atom. The zero-order valence-corrected chi connectivity index (χ0v) is 15.6. The van der Waals surface area contributed by atoms with Gasteiger partial charge in [-0.3, -0.25) is 9.89 Å². The molecule has 1 saturated heterocycles. The van der Waals surface area contributed by atoms with Gasteiger partial charge in [0, 0.05) is 13.0 Å². The van der Waals surface area contributed by atoms with Gasteiger partial charge >= 0.3 is 6.09 Å². The second-order valence-corrected chi connectivity index (χ2v) is 7.42. The highest BCUT2D eigenvalue weighted by Gasteiger charge is 2.45. The van der Waals surface area contributed by atoms with Crippen LogP contribution >= 0.6 is 0 Å². The minimum absolute atomic E-state index is 0.192. The minimum Gasteiger partial charge on any atom is -0.444 e. The Bertz CT molecular complexity index is 506. The molecule has 1 aliphatic rings. The molecule has 0 unspecified atom stereocenters. The number of amidine groups is 1. The Morgan fingerprint density at radius 3 is 2.67 bits per heavy atom. The van der Waals surface area contributed by atoms with E-state index in [-0.39, 0.29) is 18.3 Å². The lowest BCUT2D eigenvalue weighted by Crippen LogP contribution is -2.49. The number of nitrogens with two attached hydrogens (primary N) is 1. The van der Waals surface area contributed by atoms with Crippen molar-refractivity contribution in [3.8, 4) is 0 Å². The van der Waals surface area contributed by atoms with Crippen LogP contribution in [0.25, 0.3) is 0 Å². The van der Waals surface area contributed by atoms with Crippen LogP contribution in [0.15, 0.2) is 16.9 Å². The van der Waals surface area contributed by atoms with Gasteiger partial charge in [-0.2, -0.15) is 0 Å².